The number of aromatic nitrogens is 1. The van der Waals surface area contributed by atoms with Crippen LogP contribution in [0, 0.1) is 5.92 Å². The number of hydrogen-bond acceptors (Lipinski definition) is 4. The molecule has 0 radical (unpaired) electrons. The topological polar surface area (TPSA) is 54.0 Å². The van der Waals surface area contributed by atoms with E-state index in [0.29, 0.717) is 15.9 Å². The Hall–Kier alpha value is -1.14. The molecule has 2 aromatic rings. The largest absolute Gasteiger partial charge is 0.317 e. The lowest BCUT2D eigenvalue weighted by molar-refractivity contribution is -0.120. The van der Waals surface area contributed by atoms with Crippen LogP contribution in [-0.2, 0) is 4.79 Å². The molecule has 1 aromatic heterocycles. The van der Waals surface area contributed by atoms with E-state index in [2.05, 4.69) is 15.6 Å². The number of amides is 1. The van der Waals surface area contributed by atoms with E-state index in [-0.39, 0.29) is 11.8 Å². The number of nitrogens with one attached hydrogen (secondary N) is 2. The fraction of sp³-hybridized carbons (Fsp3) is 0.333. The molecule has 0 saturated carbocycles. The van der Waals surface area contributed by atoms with Gasteiger partial charge in [0.25, 0.3) is 0 Å². The van der Waals surface area contributed by atoms with E-state index in [1.807, 2.05) is 11.4 Å². The molecule has 3 rings (SSSR count). The Balaban J connectivity index is 1.70. The Labute approximate surface area is 142 Å². The van der Waals surface area contributed by atoms with E-state index in [4.69, 9.17) is 23.2 Å². The van der Waals surface area contributed by atoms with Gasteiger partial charge in [0.1, 0.15) is 10.8 Å². The normalized spacial score (nSPS) is 15.7. The van der Waals surface area contributed by atoms with Gasteiger partial charge in [-0.2, -0.15) is 0 Å². The second-order valence-electron chi connectivity index (χ2n) is 5.18. The summed E-state index contributed by atoms with van der Waals surface area (Å²) < 4.78 is 0. The molecule has 1 amide bonds. The van der Waals surface area contributed by atoms with Crippen LogP contribution in [0.15, 0.2) is 23.6 Å². The van der Waals surface area contributed by atoms with Crippen molar-refractivity contribution >= 4 is 46.3 Å². The Kier molecular flexibility index (Phi) is 4.98. The van der Waals surface area contributed by atoms with Crippen molar-refractivity contribution in [3.8, 4) is 10.6 Å². The van der Waals surface area contributed by atoms with E-state index < -0.39 is 0 Å². The van der Waals surface area contributed by atoms with Gasteiger partial charge in [-0.1, -0.05) is 29.3 Å². The van der Waals surface area contributed by atoms with Crippen LogP contribution >= 0.6 is 34.5 Å². The summed E-state index contributed by atoms with van der Waals surface area (Å²) in [5.74, 6) is 0.707. The van der Waals surface area contributed by atoms with Crippen molar-refractivity contribution in [2.45, 2.75) is 12.8 Å². The molecule has 2 heterocycles. The van der Waals surface area contributed by atoms with Crippen molar-refractivity contribution in [3.63, 3.8) is 0 Å². The van der Waals surface area contributed by atoms with Gasteiger partial charge in [-0.05, 0) is 38.1 Å². The number of carbonyl (C=O) groups excluding carboxylic acids is 1. The van der Waals surface area contributed by atoms with E-state index in [1.54, 1.807) is 12.1 Å². The van der Waals surface area contributed by atoms with Gasteiger partial charge in [0.2, 0.25) is 5.91 Å². The lowest BCUT2D eigenvalue weighted by Crippen LogP contribution is -2.34. The average molecular weight is 356 g/mol. The highest BCUT2D eigenvalue weighted by Crippen LogP contribution is 2.31. The predicted octanol–water partition coefficient (Wildman–Crippen LogP) is 4.06. The van der Waals surface area contributed by atoms with Gasteiger partial charge in [-0.3, -0.25) is 4.79 Å². The van der Waals surface area contributed by atoms with Gasteiger partial charge < -0.3 is 10.6 Å². The molecule has 2 N–H and O–H groups in total. The quantitative estimate of drug-likeness (QED) is 0.872. The molecule has 0 spiro atoms. The molecule has 7 heteroatoms. The molecule has 22 heavy (non-hydrogen) atoms. The summed E-state index contributed by atoms with van der Waals surface area (Å²) in [6.07, 6.45) is 1.74. The molecule has 0 aliphatic carbocycles. The third kappa shape index (κ3) is 3.60. The molecule has 1 aromatic carbocycles. The van der Waals surface area contributed by atoms with Crippen molar-refractivity contribution in [3.05, 3.63) is 33.6 Å². The number of carbonyl (C=O) groups is 1. The number of anilines is 1. The van der Waals surface area contributed by atoms with Gasteiger partial charge in [0.15, 0.2) is 0 Å². The summed E-state index contributed by atoms with van der Waals surface area (Å²) in [4.78, 5) is 16.7. The van der Waals surface area contributed by atoms with E-state index in [9.17, 15) is 4.79 Å². The van der Waals surface area contributed by atoms with Crippen molar-refractivity contribution in [1.29, 1.82) is 0 Å². The molecule has 0 atom stereocenters. The average Bonchev–Trinajstić information content (AvgIpc) is 2.99. The Bertz CT molecular complexity index is 683. The summed E-state index contributed by atoms with van der Waals surface area (Å²) in [5, 5.41) is 9.81. The Morgan fingerprint density at radius 3 is 2.77 bits per heavy atom. The number of rotatable bonds is 3. The molecule has 1 fully saturated rings. The number of benzene rings is 1. The molecular weight excluding hydrogens is 341 g/mol. The second kappa shape index (κ2) is 6.96. The van der Waals surface area contributed by atoms with Crippen LogP contribution in [0.1, 0.15) is 12.8 Å². The maximum absolute atomic E-state index is 12.2. The van der Waals surface area contributed by atoms with E-state index in [1.165, 1.54) is 11.3 Å². The maximum atomic E-state index is 12.2. The zero-order valence-corrected chi connectivity index (χ0v) is 14.1. The number of nitrogens with zero attached hydrogens (tertiary/aromatic N) is 1. The summed E-state index contributed by atoms with van der Waals surface area (Å²) >= 11 is 13.4. The first kappa shape index (κ1) is 15.7. The highest BCUT2D eigenvalue weighted by Gasteiger charge is 2.21. The zero-order valence-electron chi connectivity index (χ0n) is 11.7. The predicted molar refractivity (Wildman–Crippen MR) is 91.8 cm³/mol. The standard InChI is InChI=1S/C15H15Cl2N3OS/c16-11-2-1-10(7-12(11)17)15-20-13(8-22-15)19-14(21)9-3-5-18-6-4-9/h1-2,7-9,18H,3-6H2,(H,19,21). The van der Waals surface area contributed by atoms with Crippen LogP contribution in [-0.4, -0.2) is 24.0 Å². The van der Waals surface area contributed by atoms with Gasteiger partial charge in [-0.25, -0.2) is 4.98 Å². The number of hydrogen-bond donors (Lipinski definition) is 2. The summed E-state index contributed by atoms with van der Waals surface area (Å²) in [7, 11) is 0. The van der Waals surface area contributed by atoms with Gasteiger partial charge in [-0.15, -0.1) is 11.3 Å². The van der Waals surface area contributed by atoms with Crippen LogP contribution in [0.25, 0.3) is 10.6 Å². The van der Waals surface area contributed by atoms with Crippen LogP contribution < -0.4 is 10.6 Å². The van der Waals surface area contributed by atoms with Crippen LogP contribution in [0.4, 0.5) is 5.82 Å². The fourth-order valence-electron chi connectivity index (χ4n) is 2.41. The Morgan fingerprint density at radius 1 is 1.27 bits per heavy atom. The number of piperidine rings is 1. The summed E-state index contributed by atoms with van der Waals surface area (Å²) in [6.45, 7) is 1.79. The number of thiazole rings is 1. The van der Waals surface area contributed by atoms with Crippen molar-refractivity contribution in [2.75, 3.05) is 18.4 Å². The lowest BCUT2D eigenvalue weighted by atomic mass is 9.97. The van der Waals surface area contributed by atoms with Crippen molar-refractivity contribution < 1.29 is 4.79 Å². The minimum absolute atomic E-state index is 0.0486. The molecule has 0 unspecified atom stereocenters. The van der Waals surface area contributed by atoms with Gasteiger partial charge in [0, 0.05) is 16.9 Å². The third-order valence-electron chi connectivity index (χ3n) is 3.63. The highest BCUT2D eigenvalue weighted by atomic mass is 35.5. The zero-order chi connectivity index (χ0) is 15.5. The van der Waals surface area contributed by atoms with E-state index in [0.717, 1.165) is 36.5 Å². The molecular formula is C15H15Cl2N3OS. The Morgan fingerprint density at radius 2 is 2.05 bits per heavy atom. The van der Waals surface area contributed by atoms with Crippen molar-refractivity contribution in [1.82, 2.24) is 10.3 Å². The minimum Gasteiger partial charge on any atom is -0.317 e. The van der Waals surface area contributed by atoms with Crippen molar-refractivity contribution in [2.24, 2.45) is 5.92 Å². The van der Waals surface area contributed by atoms with Crippen LogP contribution in [0.3, 0.4) is 0 Å². The smallest absolute Gasteiger partial charge is 0.228 e. The molecule has 1 aliphatic rings. The first-order chi connectivity index (χ1) is 10.6. The minimum atomic E-state index is 0.0486. The molecule has 4 nitrogen and oxygen atoms in total. The van der Waals surface area contributed by atoms with Crippen LogP contribution in [0.5, 0.6) is 0 Å². The van der Waals surface area contributed by atoms with Crippen LogP contribution in [0.2, 0.25) is 10.0 Å². The van der Waals surface area contributed by atoms with E-state index >= 15 is 0 Å². The fourth-order valence-corrected chi connectivity index (χ4v) is 3.45. The molecule has 116 valence electrons. The SMILES string of the molecule is O=C(Nc1csc(-c2ccc(Cl)c(Cl)c2)n1)C1CCNCC1. The first-order valence-electron chi connectivity index (χ1n) is 7.06. The monoisotopic (exact) mass is 355 g/mol. The molecule has 1 aliphatic heterocycles. The first-order valence-corrected chi connectivity index (χ1v) is 8.69. The second-order valence-corrected chi connectivity index (χ2v) is 6.85. The molecule has 1 saturated heterocycles. The number of halogens is 2. The third-order valence-corrected chi connectivity index (χ3v) is 5.26. The highest BCUT2D eigenvalue weighted by molar-refractivity contribution is 7.13. The summed E-state index contributed by atoms with van der Waals surface area (Å²) in [6, 6.07) is 5.39. The molecule has 0 bridgehead atoms. The van der Waals surface area contributed by atoms with Gasteiger partial charge in [0.05, 0.1) is 10.0 Å². The lowest BCUT2D eigenvalue weighted by Gasteiger charge is -2.21. The summed E-state index contributed by atoms with van der Waals surface area (Å²) in [5.41, 5.74) is 0.891. The van der Waals surface area contributed by atoms with Gasteiger partial charge >= 0.3 is 0 Å². The maximum Gasteiger partial charge on any atom is 0.228 e.